The van der Waals surface area contributed by atoms with E-state index in [1.807, 2.05) is 0 Å². The molecule has 1 aliphatic carbocycles. The van der Waals surface area contributed by atoms with Gasteiger partial charge in [-0.1, -0.05) is 52.2 Å². The van der Waals surface area contributed by atoms with Crippen molar-refractivity contribution < 1.29 is 9.53 Å². The van der Waals surface area contributed by atoms with E-state index in [1.165, 1.54) is 67.2 Å². The molecule has 0 aliphatic heterocycles. The van der Waals surface area contributed by atoms with Crippen molar-refractivity contribution in [3.8, 4) is 0 Å². The van der Waals surface area contributed by atoms with Gasteiger partial charge in [0.1, 0.15) is 5.60 Å². The third-order valence-electron chi connectivity index (χ3n) is 6.41. The Labute approximate surface area is 173 Å². The average Bonchev–Trinajstić information content (AvgIpc) is 3.38. The molecule has 0 unspecified atom stereocenters. The van der Waals surface area contributed by atoms with E-state index < -0.39 is 0 Å². The summed E-state index contributed by atoms with van der Waals surface area (Å²) in [5.41, 5.74) is 6.30. The molecule has 0 atom stereocenters. The van der Waals surface area contributed by atoms with E-state index in [9.17, 15) is 4.79 Å². The predicted octanol–water partition coefficient (Wildman–Crippen LogP) is 7.26. The summed E-state index contributed by atoms with van der Waals surface area (Å²) in [6.07, 6.45) is 14.5. The maximum absolute atomic E-state index is 10.6. The lowest BCUT2D eigenvalue weighted by Crippen LogP contribution is -2.12. The number of carbonyl (C=O) groups excluding carboxylic acids is 1. The van der Waals surface area contributed by atoms with E-state index in [0.29, 0.717) is 11.9 Å². The summed E-state index contributed by atoms with van der Waals surface area (Å²) in [4.78, 5) is 10.6. The van der Waals surface area contributed by atoms with Crippen LogP contribution in [0.3, 0.4) is 0 Å². The molecule has 0 bridgehead atoms. The lowest BCUT2D eigenvalue weighted by atomic mass is 9.89. The van der Waals surface area contributed by atoms with Crippen LogP contribution in [0.25, 0.3) is 0 Å². The largest absolute Gasteiger partial charge is 0.461 e. The van der Waals surface area contributed by atoms with Gasteiger partial charge in [-0.3, -0.25) is 4.79 Å². The maximum atomic E-state index is 10.6. The molecule has 1 saturated carbocycles. The molecule has 1 aromatic rings. The molecule has 1 fully saturated rings. The number of unbranched alkanes of at least 4 members (excludes halogenated alkanes) is 4. The van der Waals surface area contributed by atoms with Gasteiger partial charge in [0.2, 0.25) is 0 Å². The van der Waals surface area contributed by atoms with Crippen molar-refractivity contribution in [2.45, 2.75) is 117 Å². The van der Waals surface area contributed by atoms with Crippen molar-refractivity contribution in [2.24, 2.45) is 5.41 Å². The van der Waals surface area contributed by atoms with Gasteiger partial charge in [0.05, 0.1) is 0 Å². The number of ether oxygens (including phenoxy) is 1. The van der Waals surface area contributed by atoms with Gasteiger partial charge in [0, 0.05) is 0 Å². The summed E-state index contributed by atoms with van der Waals surface area (Å²) in [5.74, 6) is 0. The van der Waals surface area contributed by atoms with E-state index >= 15 is 0 Å². The molecule has 2 rings (SSSR count). The van der Waals surface area contributed by atoms with Crippen LogP contribution < -0.4 is 0 Å². The normalized spacial score (nSPS) is 15.5. The second-order valence-electron chi connectivity index (χ2n) is 10.3. The SMILES string of the molecule is Cc1cc(CCCCCCC(C)(C)C)cc(CCCCC2(OC=O)CC2)c1C. The van der Waals surface area contributed by atoms with Crippen molar-refractivity contribution in [1.82, 2.24) is 0 Å². The van der Waals surface area contributed by atoms with Gasteiger partial charge in [-0.15, -0.1) is 0 Å². The minimum atomic E-state index is -0.0957. The van der Waals surface area contributed by atoms with Crippen molar-refractivity contribution in [1.29, 1.82) is 0 Å². The summed E-state index contributed by atoms with van der Waals surface area (Å²) in [6, 6.07) is 4.84. The van der Waals surface area contributed by atoms with Crippen molar-refractivity contribution in [3.05, 3.63) is 34.4 Å². The molecule has 1 aromatic carbocycles. The lowest BCUT2D eigenvalue weighted by Gasteiger charge is -2.17. The van der Waals surface area contributed by atoms with E-state index in [4.69, 9.17) is 4.74 Å². The molecular formula is C26H42O2. The van der Waals surface area contributed by atoms with Crippen molar-refractivity contribution >= 4 is 6.47 Å². The van der Waals surface area contributed by atoms with Gasteiger partial charge < -0.3 is 4.74 Å². The second-order valence-corrected chi connectivity index (χ2v) is 10.3. The summed E-state index contributed by atoms with van der Waals surface area (Å²) in [5, 5.41) is 0. The van der Waals surface area contributed by atoms with Gasteiger partial charge >= 0.3 is 0 Å². The molecule has 2 nitrogen and oxygen atoms in total. The smallest absolute Gasteiger partial charge is 0.293 e. The summed E-state index contributed by atoms with van der Waals surface area (Å²) in [7, 11) is 0. The van der Waals surface area contributed by atoms with Crippen LogP contribution in [-0.4, -0.2) is 12.1 Å². The Bertz CT molecular complexity index is 620. The number of carbonyl (C=O) groups is 1. The first-order valence-electron chi connectivity index (χ1n) is 11.5. The minimum Gasteiger partial charge on any atom is -0.461 e. The third-order valence-corrected chi connectivity index (χ3v) is 6.41. The fraction of sp³-hybridized carbons (Fsp3) is 0.731. The lowest BCUT2D eigenvalue weighted by molar-refractivity contribution is -0.135. The highest BCUT2D eigenvalue weighted by molar-refractivity contribution is 5.39. The minimum absolute atomic E-state index is 0.0957. The number of rotatable bonds is 13. The fourth-order valence-electron chi connectivity index (χ4n) is 4.19. The van der Waals surface area contributed by atoms with Gasteiger partial charge in [0.15, 0.2) is 0 Å². The first-order valence-corrected chi connectivity index (χ1v) is 11.5. The first-order chi connectivity index (χ1) is 13.2. The molecule has 0 heterocycles. The van der Waals surface area contributed by atoms with Gasteiger partial charge in [-0.2, -0.15) is 0 Å². The van der Waals surface area contributed by atoms with Crippen LogP contribution in [0.5, 0.6) is 0 Å². The number of aryl methyl sites for hydroxylation is 3. The molecule has 0 radical (unpaired) electrons. The number of hydrogen-bond donors (Lipinski definition) is 0. The molecule has 28 heavy (non-hydrogen) atoms. The quantitative estimate of drug-likeness (QED) is 0.263. The second kappa shape index (κ2) is 10.5. The monoisotopic (exact) mass is 386 g/mol. The Kier molecular flexibility index (Phi) is 8.58. The predicted molar refractivity (Wildman–Crippen MR) is 119 cm³/mol. The van der Waals surface area contributed by atoms with Gasteiger partial charge in [-0.25, -0.2) is 0 Å². The van der Waals surface area contributed by atoms with Crippen LogP contribution in [0.4, 0.5) is 0 Å². The van der Waals surface area contributed by atoms with Crippen molar-refractivity contribution in [3.63, 3.8) is 0 Å². The van der Waals surface area contributed by atoms with Crippen molar-refractivity contribution in [2.75, 3.05) is 0 Å². The molecule has 1 aliphatic rings. The third kappa shape index (κ3) is 7.97. The Morgan fingerprint density at radius 3 is 2.29 bits per heavy atom. The molecule has 158 valence electrons. The molecule has 0 saturated heterocycles. The molecule has 0 spiro atoms. The van der Waals surface area contributed by atoms with Crippen LogP contribution in [0.2, 0.25) is 0 Å². The highest BCUT2D eigenvalue weighted by Gasteiger charge is 2.44. The average molecular weight is 387 g/mol. The highest BCUT2D eigenvalue weighted by atomic mass is 16.5. The summed E-state index contributed by atoms with van der Waals surface area (Å²) >= 11 is 0. The van der Waals surface area contributed by atoms with Gasteiger partial charge in [-0.05, 0) is 99.3 Å². The van der Waals surface area contributed by atoms with Crippen LogP contribution >= 0.6 is 0 Å². The Morgan fingerprint density at radius 2 is 1.64 bits per heavy atom. The standard InChI is InChI=1S/C26H42O2/c1-21-18-23(12-8-6-7-10-14-25(3,4)5)19-24(22(21)2)13-9-11-15-26(16-17-26)28-20-27/h18-20H,6-17H2,1-5H3. The Morgan fingerprint density at radius 1 is 0.964 bits per heavy atom. The van der Waals surface area contributed by atoms with Crippen LogP contribution in [0.1, 0.15) is 107 Å². The molecule has 0 aromatic heterocycles. The summed E-state index contributed by atoms with van der Waals surface area (Å²) < 4.78 is 5.26. The Balaban J connectivity index is 1.74. The topological polar surface area (TPSA) is 26.3 Å². The number of hydrogen-bond acceptors (Lipinski definition) is 2. The van der Waals surface area contributed by atoms with Gasteiger partial charge in [0.25, 0.3) is 6.47 Å². The molecular weight excluding hydrogens is 344 g/mol. The van der Waals surface area contributed by atoms with E-state index in [-0.39, 0.29) is 5.60 Å². The fourth-order valence-corrected chi connectivity index (χ4v) is 4.19. The first kappa shape index (κ1) is 23.0. The van der Waals surface area contributed by atoms with E-state index in [2.05, 4.69) is 46.8 Å². The van der Waals surface area contributed by atoms with E-state index in [1.54, 1.807) is 0 Å². The maximum Gasteiger partial charge on any atom is 0.293 e. The molecule has 0 N–H and O–H groups in total. The van der Waals surface area contributed by atoms with E-state index in [0.717, 1.165) is 32.1 Å². The van der Waals surface area contributed by atoms with Crippen LogP contribution in [0, 0.1) is 19.3 Å². The highest BCUT2D eigenvalue weighted by Crippen LogP contribution is 2.43. The van der Waals surface area contributed by atoms with Crippen LogP contribution in [0.15, 0.2) is 12.1 Å². The van der Waals surface area contributed by atoms with Crippen LogP contribution in [-0.2, 0) is 22.4 Å². The molecule has 2 heteroatoms. The number of benzene rings is 1. The summed E-state index contributed by atoms with van der Waals surface area (Å²) in [6.45, 7) is 12.2. The Hall–Kier alpha value is -1.31. The zero-order chi connectivity index (χ0) is 20.6. The zero-order valence-corrected chi connectivity index (χ0v) is 19.0. The zero-order valence-electron chi connectivity index (χ0n) is 19.0. The molecule has 0 amide bonds.